The quantitative estimate of drug-likeness (QED) is 0.851. The molecule has 2 rings (SSSR count). The number of amides is 1. The second kappa shape index (κ2) is 8.34. The summed E-state index contributed by atoms with van der Waals surface area (Å²) in [5.41, 5.74) is 3.24. The van der Waals surface area contributed by atoms with Crippen LogP contribution in [-0.4, -0.2) is 31.0 Å². The molecule has 1 N–H and O–H groups in total. The Morgan fingerprint density at radius 3 is 2.30 bits per heavy atom. The van der Waals surface area contributed by atoms with Crippen molar-refractivity contribution in [2.75, 3.05) is 25.5 Å². The van der Waals surface area contributed by atoms with Gasteiger partial charge in [0.2, 0.25) is 5.91 Å². The zero-order valence-corrected chi connectivity index (χ0v) is 14.0. The number of anilines is 1. The van der Waals surface area contributed by atoms with E-state index in [-0.39, 0.29) is 5.91 Å². The van der Waals surface area contributed by atoms with E-state index in [2.05, 4.69) is 48.3 Å². The number of carbonyl (C=O) groups is 1. The Kier molecular flexibility index (Phi) is 6.18. The second-order valence-electron chi connectivity index (χ2n) is 5.57. The minimum Gasteiger partial charge on any atom is -0.497 e. The van der Waals surface area contributed by atoms with Gasteiger partial charge in [-0.15, -0.1) is 0 Å². The SMILES string of the molecule is CCN(CC(=O)Nc1ccc(OC)cc1)Cc1ccc(C)cc1. The van der Waals surface area contributed by atoms with E-state index in [1.807, 2.05) is 24.3 Å². The molecule has 1 amide bonds. The van der Waals surface area contributed by atoms with Gasteiger partial charge in [0.15, 0.2) is 0 Å². The van der Waals surface area contributed by atoms with Crippen molar-refractivity contribution in [3.8, 4) is 5.75 Å². The Bertz CT molecular complexity index is 621. The molecule has 0 fully saturated rings. The van der Waals surface area contributed by atoms with Gasteiger partial charge in [-0.2, -0.15) is 0 Å². The molecule has 0 heterocycles. The predicted molar refractivity (Wildman–Crippen MR) is 93.8 cm³/mol. The number of aryl methyl sites for hydroxylation is 1. The second-order valence-corrected chi connectivity index (χ2v) is 5.57. The normalized spacial score (nSPS) is 10.6. The van der Waals surface area contributed by atoms with Gasteiger partial charge in [0, 0.05) is 12.2 Å². The molecule has 0 aliphatic heterocycles. The van der Waals surface area contributed by atoms with Crippen molar-refractivity contribution in [3.63, 3.8) is 0 Å². The number of carbonyl (C=O) groups excluding carboxylic acids is 1. The summed E-state index contributed by atoms with van der Waals surface area (Å²) in [7, 11) is 1.62. The van der Waals surface area contributed by atoms with Crippen molar-refractivity contribution in [2.45, 2.75) is 20.4 Å². The Labute approximate surface area is 138 Å². The highest BCUT2D eigenvalue weighted by Crippen LogP contribution is 2.15. The highest BCUT2D eigenvalue weighted by atomic mass is 16.5. The number of nitrogens with zero attached hydrogens (tertiary/aromatic N) is 1. The van der Waals surface area contributed by atoms with Crippen molar-refractivity contribution in [3.05, 3.63) is 59.7 Å². The van der Waals surface area contributed by atoms with Crippen molar-refractivity contribution >= 4 is 11.6 Å². The highest BCUT2D eigenvalue weighted by molar-refractivity contribution is 5.92. The minimum absolute atomic E-state index is 0.0101. The molecule has 0 aliphatic carbocycles. The molecule has 2 aromatic carbocycles. The van der Waals surface area contributed by atoms with Crippen molar-refractivity contribution in [1.29, 1.82) is 0 Å². The summed E-state index contributed by atoms with van der Waals surface area (Å²) >= 11 is 0. The number of nitrogens with one attached hydrogen (secondary N) is 1. The van der Waals surface area contributed by atoms with Gasteiger partial charge in [-0.05, 0) is 43.3 Å². The maximum absolute atomic E-state index is 12.2. The number of benzene rings is 2. The van der Waals surface area contributed by atoms with Crippen LogP contribution in [-0.2, 0) is 11.3 Å². The molecule has 0 atom stereocenters. The largest absolute Gasteiger partial charge is 0.497 e. The van der Waals surface area contributed by atoms with E-state index in [4.69, 9.17) is 4.74 Å². The predicted octanol–water partition coefficient (Wildman–Crippen LogP) is 3.46. The van der Waals surface area contributed by atoms with Crippen molar-refractivity contribution in [1.82, 2.24) is 4.90 Å². The zero-order chi connectivity index (χ0) is 16.7. The Morgan fingerprint density at radius 2 is 1.74 bits per heavy atom. The summed E-state index contributed by atoms with van der Waals surface area (Å²) in [5.74, 6) is 0.765. The molecule has 0 radical (unpaired) electrons. The van der Waals surface area contributed by atoms with Crippen LogP contribution >= 0.6 is 0 Å². The minimum atomic E-state index is -0.0101. The molecular weight excluding hydrogens is 288 g/mol. The molecule has 4 nitrogen and oxygen atoms in total. The Morgan fingerprint density at radius 1 is 1.09 bits per heavy atom. The third-order valence-corrected chi connectivity index (χ3v) is 3.71. The molecule has 4 heteroatoms. The number of methoxy groups -OCH3 is 1. The average Bonchev–Trinajstić information content (AvgIpc) is 2.57. The van der Waals surface area contributed by atoms with Crippen LogP contribution in [0.1, 0.15) is 18.1 Å². The van der Waals surface area contributed by atoms with Gasteiger partial charge in [0.1, 0.15) is 5.75 Å². The summed E-state index contributed by atoms with van der Waals surface area (Å²) < 4.78 is 5.11. The molecule has 23 heavy (non-hydrogen) atoms. The van der Waals surface area contributed by atoms with E-state index in [0.717, 1.165) is 24.5 Å². The molecule has 0 aliphatic rings. The van der Waals surface area contributed by atoms with E-state index < -0.39 is 0 Å². The smallest absolute Gasteiger partial charge is 0.238 e. The van der Waals surface area contributed by atoms with Gasteiger partial charge in [0.05, 0.1) is 13.7 Å². The van der Waals surface area contributed by atoms with E-state index in [1.165, 1.54) is 11.1 Å². The summed E-state index contributed by atoms with van der Waals surface area (Å²) in [6.07, 6.45) is 0. The number of ether oxygens (including phenoxy) is 1. The summed E-state index contributed by atoms with van der Waals surface area (Å²) in [6, 6.07) is 15.8. The molecule has 0 unspecified atom stereocenters. The monoisotopic (exact) mass is 312 g/mol. The van der Waals surface area contributed by atoms with Gasteiger partial charge in [-0.3, -0.25) is 9.69 Å². The lowest BCUT2D eigenvalue weighted by molar-refractivity contribution is -0.117. The summed E-state index contributed by atoms with van der Waals surface area (Å²) in [5, 5.41) is 2.92. The van der Waals surface area contributed by atoms with E-state index in [0.29, 0.717) is 6.54 Å². The fourth-order valence-corrected chi connectivity index (χ4v) is 2.31. The van der Waals surface area contributed by atoms with Crippen LogP contribution in [0.5, 0.6) is 5.75 Å². The van der Waals surface area contributed by atoms with Gasteiger partial charge in [0.25, 0.3) is 0 Å². The van der Waals surface area contributed by atoms with E-state index in [9.17, 15) is 4.79 Å². The molecule has 2 aromatic rings. The molecule has 0 aromatic heterocycles. The standard InChI is InChI=1S/C19H24N2O2/c1-4-21(13-16-7-5-15(2)6-8-16)14-19(22)20-17-9-11-18(23-3)12-10-17/h5-12H,4,13-14H2,1-3H3,(H,20,22). The molecule has 0 saturated carbocycles. The number of rotatable bonds is 7. The topological polar surface area (TPSA) is 41.6 Å². The van der Waals surface area contributed by atoms with Gasteiger partial charge in [-0.25, -0.2) is 0 Å². The fourth-order valence-electron chi connectivity index (χ4n) is 2.31. The fraction of sp³-hybridized carbons (Fsp3) is 0.316. The molecule has 122 valence electrons. The zero-order valence-electron chi connectivity index (χ0n) is 14.0. The van der Waals surface area contributed by atoms with Crippen molar-refractivity contribution in [2.24, 2.45) is 0 Å². The number of hydrogen-bond donors (Lipinski definition) is 1. The van der Waals surface area contributed by atoms with Crippen LogP contribution in [0.4, 0.5) is 5.69 Å². The van der Waals surface area contributed by atoms with E-state index >= 15 is 0 Å². The molecule has 0 bridgehead atoms. The van der Waals surface area contributed by atoms with Crippen LogP contribution in [0, 0.1) is 6.92 Å². The first-order valence-electron chi connectivity index (χ1n) is 7.82. The van der Waals surface area contributed by atoms with Crippen LogP contribution < -0.4 is 10.1 Å². The summed E-state index contributed by atoms with van der Waals surface area (Å²) in [6.45, 7) is 6.10. The van der Waals surface area contributed by atoms with Crippen LogP contribution in [0.15, 0.2) is 48.5 Å². The number of likely N-dealkylation sites (N-methyl/N-ethyl adjacent to an activating group) is 1. The summed E-state index contributed by atoms with van der Waals surface area (Å²) in [4.78, 5) is 14.3. The third-order valence-electron chi connectivity index (χ3n) is 3.71. The Balaban J connectivity index is 1.89. The highest BCUT2D eigenvalue weighted by Gasteiger charge is 2.10. The maximum atomic E-state index is 12.2. The molecule has 0 saturated heterocycles. The van der Waals surface area contributed by atoms with Gasteiger partial charge in [-0.1, -0.05) is 36.8 Å². The van der Waals surface area contributed by atoms with Crippen LogP contribution in [0.25, 0.3) is 0 Å². The lowest BCUT2D eigenvalue weighted by Crippen LogP contribution is -2.32. The lowest BCUT2D eigenvalue weighted by atomic mass is 10.1. The van der Waals surface area contributed by atoms with Gasteiger partial charge < -0.3 is 10.1 Å². The lowest BCUT2D eigenvalue weighted by Gasteiger charge is -2.20. The third kappa shape index (κ3) is 5.42. The average molecular weight is 312 g/mol. The first-order chi connectivity index (χ1) is 11.1. The Hall–Kier alpha value is -2.33. The maximum Gasteiger partial charge on any atom is 0.238 e. The van der Waals surface area contributed by atoms with Crippen LogP contribution in [0.3, 0.4) is 0 Å². The molecular formula is C19H24N2O2. The van der Waals surface area contributed by atoms with Crippen LogP contribution in [0.2, 0.25) is 0 Å². The van der Waals surface area contributed by atoms with E-state index in [1.54, 1.807) is 7.11 Å². The first-order valence-corrected chi connectivity index (χ1v) is 7.82. The van der Waals surface area contributed by atoms with Crippen molar-refractivity contribution < 1.29 is 9.53 Å². The molecule has 0 spiro atoms. The number of hydrogen-bond acceptors (Lipinski definition) is 3. The first kappa shape index (κ1) is 17.0. The van der Waals surface area contributed by atoms with Gasteiger partial charge >= 0.3 is 0 Å².